The first-order valence-corrected chi connectivity index (χ1v) is 32.3. The van der Waals surface area contributed by atoms with Crippen LogP contribution < -0.4 is 5.73 Å². The highest BCUT2D eigenvalue weighted by atomic mass is 16.6. The fraction of sp³-hybridized carbons (Fsp3) is 0.735. The highest BCUT2D eigenvalue weighted by Crippen LogP contribution is 2.89. The molecule has 76 heavy (non-hydrogen) atoms. The molecule has 10 aliphatic carbocycles. The summed E-state index contributed by atoms with van der Waals surface area (Å²) in [7, 11) is 0. The van der Waals surface area contributed by atoms with Crippen molar-refractivity contribution in [3.05, 3.63) is 93.1 Å². The van der Waals surface area contributed by atoms with Crippen LogP contribution in [0.4, 0.5) is 0 Å². The Morgan fingerprint density at radius 3 is 2.38 bits per heavy atom. The van der Waals surface area contributed by atoms with E-state index < -0.39 is 16.4 Å². The van der Waals surface area contributed by atoms with E-state index in [1.54, 1.807) is 16.8 Å². The number of aliphatic hydroxyl groups is 1. The van der Waals surface area contributed by atoms with Gasteiger partial charge < -0.3 is 25.2 Å². The number of carbonyl (C=O) groups excluding carboxylic acids is 2. The zero-order chi connectivity index (χ0) is 50.2. The molecule has 1 aromatic carbocycles. The first kappa shape index (κ1) is 46.2. The van der Waals surface area contributed by atoms with Crippen LogP contribution in [0, 0.1) is 92.7 Å². The van der Waals surface area contributed by atoms with Crippen LogP contribution >= 0.6 is 0 Å². The Hall–Kier alpha value is -3.62. The molecule has 0 amide bonds. The van der Waals surface area contributed by atoms with E-state index in [4.69, 9.17) is 15.2 Å². The maximum Gasteiger partial charge on any atom is 0.339 e. The Bertz CT molecular complexity index is 2870. The van der Waals surface area contributed by atoms with Crippen LogP contribution in [0.3, 0.4) is 0 Å². The fourth-order valence-corrected chi connectivity index (χ4v) is 25.8. The molecule has 0 radical (unpaired) electrons. The SMILES string of the molecule is NCCCc1cccc2c1C(=O)OC21C2CC(C3CCCCC3)C=CC3C4=C5CCC16C(=C(O)C1CCC7C8CC(CN7C1C1CC7(CCCC7)C7(CCCC7)C1)C1CCC7=C(C5C5C(CC=CC35)C7)N1C8)OC(=O)C426. The molecule has 8 nitrogen and oxygen atoms in total. The molecule has 8 heteroatoms. The summed E-state index contributed by atoms with van der Waals surface area (Å²) in [5, 5.41) is 14.5. The van der Waals surface area contributed by atoms with E-state index in [-0.39, 0.29) is 53.5 Å². The number of hydrogen-bond donors (Lipinski definition) is 2. The minimum atomic E-state index is -1.15. The highest BCUT2D eigenvalue weighted by Gasteiger charge is 2.94. The number of nitrogens with two attached hydrogens (primary N) is 1. The predicted molar refractivity (Wildman–Crippen MR) is 291 cm³/mol. The summed E-state index contributed by atoms with van der Waals surface area (Å²) in [6.45, 7) is 2.86. The van der Waals surface area contributed by atoms with Crippen LogP contribution in [-0.4, -0.2) is 64.6 Å². The van der Waals surface area contributed by atoms with Gasteiger partial charge in [-0.2, -0.15) is 0 Å². The lowest BCUT2D eigenvalue weighted by Gasteiger charge is -2.73. The van der Waals surface area contributed by atoms with Crippen molar-refractivity contribution in [2.45, 2.75) is 197 Å². The Labute approximate surface area is 452 Å². The molecule has 1 aromatic rings. The summed E-state index contributed by atoms with van der Waals surface area (Å²) in [5.41, 5.74) is 12.9. The monoisotopic (exact) mass is 1020 g/mol. The number of benzene rings is 1. The minimum Gasteiger partial charge on any atom is -0.508 e. The molecule has 18 rings (SSSR count). The highest BCUT2D eigenvalue weighted by molar-refractivity contribution is 6.00. The van der Waals surface area contributed by atoms with Gasteiger partial charge in [-0.15, -0.1) is 0 Å². The number of allylic oxidation sites excluding steroid dienone is 6. The van der Waals surface area contributed by atoms with E-state index >= 15 is 9.59 Å². The zero-order valence-electron chi connectivity index (χ0n) is 45.5. The van der Waals surface area contributed by atoms with Gasteiger partial charge in [0.25, 0.3) is 0 Å². The molecule has 7 aliphatic heterocycles. The second-order valence-electron chi connectivity index (χ2n) is 29.7. The van der Waals surface area contributed by atoms with Gasteiger partial charge in [0.15, 0.2) is 11.4 Å². The number of ether oxygens (including phenoxy) is 2. The lowest BCUT2D eigenvalue weighted by molar-refractivity contribution is -0.283. The number of piperidine rings is 3. The molecule has 16 unspecified atom stereocenters. The molecule has 0 aromatic heterocycles. The van der Waals surface area contributed by atoms with E-state index in [0.29, 0.717) is 94.9 Å². The Balaban J connectivity index is 0.929. The second kappa shape index (κ2) is 15.8. The van der Waals surface area contributed by atoms with Crippen molar-refractivity contribution < 1.29 is 24.2 Å². The minimum absolute atomic E-state index is 0.0558. The van der Waals surface area contributed by atoms with Crippen LogP contribution in [0.15, 0.2) is 76.4 Å². The van der Waals surface area contributed by atoms with Gasteiger partial charge in [0, 0.05) is 66.1 Å². The molecule has 5 saturated carbocycles. The van der Waals surface area contributed by atoms with E-state index in [1.807, 2.05) is 0 Å². The lowest BCUT2D eigenvalue weighted by atomic mass is 9.27. The molecule has 7 heterocycles. The molecule has 16 atom stereocenters. The molecular weight excluding hydrogens is 939 g/mol. The van der Waals surface area contributed by atoms with Gasteiger partial charge in [0.1, 0.15) is 11.2 Å². The average Bonchev–Trinajstić information content (AvgIpc) is 3.79. The van der Waals surface area contributed by atoms with E-state index in [1.165, 1.54) is 134 Å². The molecule has 17 aliphatic rings. The van der Waals surface area contributed by atoms with Gasteiger partial charge in [-0.25, -0.2) is 4.79 Å². The van der Waals surface area contributed by atoms with Crippen molar-refractivity contribution in [2.24, 2.45) is 98.4 Å². The van der Waals surface area contributed by atoms with Gasteiger partial charge in [-0.3, -0.25) is 9.69 Å². The first-order valence-electron chi connectivity index (χ1n) is 32.3. The number of aryl methyl sites for hydroxylation is 1. The van der Waals surface area contributed by atoms with Crippen LogP contribution in [0.2, 0.25) is 0 Å². The summed E-state index contributed by atoms with van der Waals surface area (Å²) < 4.78 is 15.1. The number of rotatable bonds is 5. The largest absolute Gasteiger partial charge is 0.508 e. The Morgan fingerprint density at radius 1 is 0.776 bits per heavy atom. The van der Waals surface area contributed by atoms with Gasteiger partial charge in [0.05, 0.1) is 11.0 Å². The standard InChI is InChI=1S/C68H85N3O5/c69-30-10-15-39-13-9-17-50-55(39)62(73)76-68(50)53-33-40(38-11-2-1-3-12-38)18-20-47-46-16-8-14-41-31-42-19-22-51-43-32-44-37-71(51)59(42)56(54(41)46)48-24-29-66(68)61(75-63(74)67(53,66)57(47)48)60(72)49-21-23-52(44)70(36-43)58(49)45-34-64(25-4-5-26-64)65(35-45)27-6-7-28-65/h8-9,13,16-18,20,38,40-41,43-47,49,51-54,56,58,72H,1-7,10-12,14-15,19,21-37,69H2. The summed E-state index contributed by atoms with van der Waals surface area (Å²) in [5.74, 6) is 4.34. The van der Waals surface area contributed by atoms with Crippen molar-refractivity contribution in [1.29, 1.82) is 0 Å². The van der Waals surface area contributed by atoms with E-state index in [9.17, 15) is 5.11 Å². The quantitative estimate of drug-likeness (QED) is 0.222. The Kier molecular flexibility index (Phi) is 9.62. The van der Waals surface area contributed by atoms with Crippen molar-refractivity contribution in [2.75, 3.05) is 19.6 Å². The number of esters is 2. The van der Waals surface area contributed by atoms with Crippen molar-refractivity contribution in [3.8, 4) is 0 Å². The van der Waals surface area contributed by atoms with Crippen LogP contribution in [0.25, 0.3) is 0 Å². The normalized spacial score (nSPS) is 46.4. The molecular formula is C68H85N3O5. The van der Waals surface area contributed by atoms with E-state index in [2.05, 4.69) is 52.3 Å². The Morgan fingerprint density at radius 2 is 1.58 bits per heavy atom. The van der Waals surface area contributed by atoms with Crippen molar-refractivity contribution in [3.63, 3.8) is 0 Å². The second-order valence-corrected chi connectivity index (χ2v) is 29.7. The fourth-order valence-electron chi connectivity index (χ4n) is 25.8. The number of carbonyl (C=O) groups is 2. The van der Waals surface area contributed by atoms with Crippen molar-refractivity contribution >= 4 is 11.9 Å². The van der Waals surface area contributed by atoms with E-state index in [0.717, 1.165) is 56.2 Å². The number of aliphatic hydroxyl groups excluding tert-OH is 1. The predicted octanol–water partition coefficient (Wildman–Crippen LogP) is 12.9. The van der Waals surface area contributed by atoms with Crippen LogP contribution in [0.5, 0.6) is 0 Å². The third-order valence-electron chi connectivity index (χ3n) is 27.8. The third kappa shape index (κ3) is 5.28. The summed E-state index contributed by atoms with van der Waals surface area (Å²) in [4.78, 5) is 38.7. The first-order chi connectivity index (χ1) is 37.3. The number of hydrogen-bond acceptors (Lipinski definition) is 8. The summed E-state index contributed by atoms with van der Waals surface area (Å²) in [6.07, 6.45) is 42.4. The van der Waals surface area contributed by atoms with Gasteiger partial charge in [0.2, 0.25) is 0 Å². The van der Waals surface area contributed by atoms with Gasteiger partial charge >= 0.3 is 11.9 Å². The maximum absolute atomic E-state index is 17.0. The molecule has 7 bridgehead atoms. The molecule has 402 valence electrons. The lowest BCUT2D eigenvalue weighted by Crippen LogP contribution is -2.78. The maximum atomic E-state index is 17.0. The molecule has 5 spiro atoms. The molecule has 9 fully saturated rings. The summed E-state index contributed by atoms with van der Waals surface area (Å²) in [6, 6.07) is 7.80. The van der Waals surface area contributed by atoms with Crippen molar-refractivity contribution in [1.82, 2.24) is 9.80 Å². The summed E-state index contributed by atoms with van der Waals surface area (Å²) >= 11 is 0. The zero-order valence-corrected chi connectivity index (χ0v) is 45.5. The van der Waals surface area contributed by atoms with Crippen LogP contribution in [-0.2, 0) is 26.3 Å². The van der Waals surface area contributed by atoms with Gasteiger partial charge in [-0.1, -0.05) is 98.6 Å². The van der Waals surface area contributed by atoms with Crippen LogP contribution in [0.1, 0.15) is 188 Å². The number of fused-ring (bicyclic) bond motifs is 10. The molecule has 3 N–H and O–H groups in total. The smallest absolute Gasteiger partial charge is 0.339 e. The van der Waals surface area contributed by atoms with Gasteiger partial charge in [-0.05, 0) is 204 Å². The number of nitrogens with zero attached hydrogens (tertiary/aromatic N) is 2. The molecule has 4 saturated heterocycles. The third-order valence-corrected chi connectivity index (χ3v) is 27.8. The average molecular weight is 1020 g/mol. The topological polar surface area (TPSA) is 105 Å².